The zero-order valence-electron chi connectivity index (χ0n) is 18.1. The molecule has 1 aliphatic rings. The maximum atomic E-state index is 12.5. The van der Waals surface area contributed by atoms with Crippen molar-refractivity contribution in [2.45, 2.75) is 26.7 Å². The number of amides is 1. The van der Waals surface area contributed by atoms with Gasteiger partial charge in [-0.1, -0.05) is 68.7 Å². The van der Waals surface area contributed by atoms with Crippen LogP contribution in [0.15, 0.2) is 86.0 Å². The van der Waals surface area contributed by atoms with Gasteiger partial charge in [0.15, 0.2) is 0 Å². The fourth-order valence-electron chi connectivity index (χ4n) is 3.27. The summed E-state index contributed by atoms with van der Waals surface area (Å²) in [5.74, 6) is -0.0784. The van der Waals surface area contributed by atoms with E-state index in [2.05, 4.69) is 61.9 Å². The molecule has 0 spiro atoms. The lowest BCUT2D eigenvalue weighted by atomic mass is 9.99. The Balaban J connectivity index is 0.000000735. The van der Waals surface area contributed by atoms with E-state index in [1.54, 1.807) is 12.2 Å². The lowest BCUT2D eigenvalue weighted by molar-refractivity contribution is 0.102. The van der Waals surface area contributed by atoms with Crippen molar-refractivity contribution in [1.29, 1.82) is 0 Å². The van der Waals surface area contributed by atoms with Crippen LogP contribution in [0, 0.1) is 0 Å². The van der Waals surface area contributed by atoms with Gasteiger partial charge in [-0.15, -0.1) is 0 Å². The lowest BCUT2D eigenvalue weighted by Gasteiger charge is -2.14. The van der Waals surface area contributed by atoms with E-state index in [0.717, 1.165) is 31.6 Å². The molecule has 0 bridgehead atoms. The number of nitrogens with one attached hydrogen (secondary N) is 2. The third-order valence-electron chi connectivity index (χ3n) is 4.99. The molecule has 2 aromatic carbocycles. The Labute approximate surface area is 180 Å². The third-order valence-corrected chi connectivity index (χ3v) is 4.99. The van der Waals surface area contributed by atoms with Crippen molar-refractivity contribution in [1.82, 2.24) is 5.32 Å². The highest BCUT2D eigenvalue weighted by Crippen LogP contribution is 2.22. The van der Waals surface area contributed by atoms with Gasteiger partial charge in [0.2, 0.25) is 0 Å². The van der Waals surface area contributed by atoms with Gasteiger partial charge < -0.3 is 10.6 Å². The van der Waals surface area contributed by atoms with Crippen molar-refractivity contribution in [3.8, 4) is 0 Å². The van der Waals surface area contributed by atoms with Crippen LogP contribution in [-0.4, -0.2) is 19.0 Å². The van der Waals surface area contributed by atoms with E-state index in [9.17, 15) is 4.79 Å². The molecule has 156 valence electrons. The Morgan fingerprint density at radius 3 is 2.17 bits per heavy atom. The minimum Gasteiger partial charge on any atom is -0.322 e. The number of hydrogen-bond donors (Lipinski definition) is 2. The number of rotatable bonds is 6. The summed E-state index contributed by atoms with van der Waals surface area (Å²) in [6, 6.07) is 15.9. The molecule has 1 aliphatic heterocycles. The average molecular weight is 401 g/mol. The smallest absolute Gasteiger partial charge is 0.255 e. The standard InChI is InChI=1S/C23H26N2O.C4H6/c1-3-17(4-2)18-9-11-22(12-10-18)25-23(26)21-7-5-19(6-8-21)20-13-15-24-16-14-20;1-3-4-2/h3,5-13,24H,4,14-16H2,1-2H3,(H,25,26);3-4H,1-2H2/b17-3+;. The summed E-state index contributed by atoms with van der Waals surface area (Å²) in [4.78, 5) is 12.5. The molecule has 0 unspecified atom stereocenters. The second-order valence-electron chi connectivity index (χ2n) is 6.93. The van der Waals surface area contributed by atoms with Gasteiger partial charge >= 0.3 is 0 Å². The number of allylic oxidation sites excluding steroid dienone is 4. The molecule has 1 amide bonds. The van der Waals surface area contributed by atoms with Crippen molar-refractivity contribution < 1.29 is 4.79 Å². The molecule has 0 saturated heterocycles. The highest BCUT2D eigenvalue weighted by Gasteiger charge is 2.09. The number of anilines is 1. The fourth-order valence-corrected chi connectivity index (χ4v) is 3.27. The van der Waals surface area contributed by atoms with Gasteiger partial charge in [0.05, 0.1) is 0 Å². The highest BCUT2D eigenvalue weighted by atomic mass is 16.1. The van der Waals surface area contributed by atoms with E-state index in [0.29, 0.717) is 5.56 Å². The molecule has 3 nitrogen and oxygen atoms in total. The van der Waals surface area contributed by atoms with Crippen molar-refractivity contribution in [2.75, 3.05) is 18.4 Å². The zero-order chi connectivity index (χ0) is 21.8. The SMILES string of the molecule is C/C=C(\CC)c1ccc(NC(=O)c2ccc(C3=CCNCC3)cc2)cc1.C=CC=C. The number of benzene rings is 2. The molecule has 30 heavy (non-hydrogen) atoms. The summed E-state index contributed by atoms with van der Waals surface area (Å²) in [5.41, 5.74) is 6.55. The van der Waals surface area contributed by atoms with Crippen LogP contribution in [0.3, 0.4) is 0 Å². The second-order valence-corrected chi connectivity index (χ2v) is 6.93. The molecule has 0 saturated carbocycles. The predicted octanol–water partition coefficient (Wildman–Crippen LogP) is 6.49. The molecule has 2 aromatic rings. The molecule has 0 aliphatic carbocycles. The van der Waals surface area contributed by atoms with Crippen molar-refractivity contribution in [2.24, 2.45) is 0 Å². The van der Waals surface area contributed by atoms with Crippen LogP contribution < -0.4 is 10.6 Å². The molecule has 1 heterocycles. The summed E-state index contributed by atoms with van der Waals surface area (Å²) in [7, 11) is 0. The predicted molar refractivity (Wildman–Crippen MR) is 131 cm³/mol. The molecule has 3 rings (SSSR count). The van der Waals surface area contributed by atoms with Crippen LogP contribution in [0.4, 0.5) is 5.69 Å². The van der Waals surface area contributed by atoms with Gasteiger partial charge in [-0.2, -0.15) is 0 Å². The molecular formula is C27H32N2O. The van der Waals surface area contributed by atoms with Gasteiger partial charge in [0.1, 0.15) is 0 Å². The van der Waals surface area contributed by atoms with Crippen LogP contribution in [0.2, 0.25) is 0 Å². The molecule has 3 heteroatoms. The van der Waals surface area contributed by atoms with E-state index in [1.807, 2.05) is 36.4 Å². The minimum absolute atomic E-state index is 0.0784. The van der Waals surface area contributed by atoms with Gasteiger partial charge in [-0.3, -0.25) is 4.79 Å². The second kappa shape index (κ2) is 12.4. The Bertz CT molecular complexity index is 897. The van der Waals surface area contributed by atoms with Crippen LogP contribution in [0.5, 0.6) is 0 Å². The summed E-state index contributed by atoms with van der Waals surface area (Å²) >= 11 is 0. The Hall–Kier alpha value is -3.17. The van der Waals surface area contributed by atoms with Crippen LogP contribution in [0.1, 0.15) is 48.2 Å². The fraction of sp³-hybridized carbons (Fsp3) is 0.222. The van der Waals surface area contributed by atoms with E-state index in [1.165, 1.54) is 22.3 Å². The van der Waals surface area contributed by atoms with Crippen molar-refractivity contribution in [3.63, 3.8) is 0 Å². The van der Waals surface area contributed by atoms with Crippen molar-refractivity contribution in [3.05, 3.63) is 103 Å². The Morgan fingerprint density at radius 2 is 1.67 bits per heavy atom. The third kappa shape index (κ3) is 6.71. The summed E-state index contributed by atoms with van der Waals surface area (Å²) in [5, 5.41) is 6.29. The van der Waals surface area contributed by atoms with Gasteiger partial charge in [0, 0.05) is 17.8 Å². The Kier molecular flexibility index (Phi) is 9.56. The quantitative estimate of drug-likeness (QED) is 0.544. The van der Waals surface area contributed by atoms with Gasteiger partial charge in [-0.05, 0) is 72.8 Å². The first-order chi connectivity index (χ1) is 14.6. The van der Waals surface area contributed by atoms with Crippen LogP contribution >= 0.6 is 0 Å². The maximum absolute atomic E-state index is 12.5. The average Bonchev–Trinajstić information content (AvgIpc) is 2.82. The number of hydrogen-bond acceptors (Lipinski definition) is 2. The molecule has 0 fully saturated rings. The largest absolute Gasteiger partial charge is 0.322 e. The lowest BCUT2D eigenvalue weighted by Crippen LogP contribution is -2.20. The number of carbonyl (C=O) groups is 1. The van der Waals surface area contributed by atoms with Gasteiger partial charge in [0.25, 0.3) is 5.91 Å². The van der Waals surface area contributed by atoms with Gasteiger partial charge in [-0.25, -0.2) is 0 Å². The summed E-state index contributed by atoms with van der Waals surface area (Å²) < 4.78 is 0. The molecular weight excluding hydrogens is 368 g/mol. The monoisotopic (exact) mass is 400 g/mol. The first kappa shape index (κ1) is 23.1. The van der Waals surface area contributed by atoms with Crippen molar-refractivity contribution >= 4 is 22.7 Å². The Morgan fingerprint density at radius 1 is 1.03 bits per heavy atom. The first-order valence-corrected chi connectivity index (χ1v) is 10.4. The van der Waals surface area contributed by atoms with E-state index in [4.69, 9.17) is 0 Å². The first-order valence-electron chi connectivity index (χ1n) is 10.4. The molecule has 0 atom stereocenters. The maximum Gasteiger partial charge on any atom is 0.255 e. The topological polar surface area (TPSA) is 41.1 Å². The normalized spacial score (nSPS) is 13.4. The molecule has 0 aromatic heterocycles. The van der Waals surface area contributed by atoms with E-state index in [-0.39, 0.29) is 5.91 Å². The van der Waals surface area contributed by atoms with Crippen LogP contribution in [-0.2, 0) is 0 Å². The minimum atomic E-state index is -0.0784. The van der Waals surface area contributed by atoms with Crippen LogP contribution in [0.25, 0.3) is 11.1 Å². The molecule has 2 N–H and O–H groups in total. The number of carbonyl (C=O) groups excluding carboxylic acids is 1. The molecule has 0 radical (unpaired) electrons. The highest BCUT2D eigenvalue weighted by molar-refractivity contribution is 6.04. The van der Waals surface area contributed by atoms with E-state index < -0.39 is 0 Å². The zero-order valence-corrected chi connectivity index (χ0v) is 18.1. The van der Waals surface area contributed by atoms with E-state index >= 15 is 0 Å². The summed E-state index contributed by atoms with van der Waals surface area (Å²) in [6.07, 6.45) is 9.66. The summed E-state index contributed by atoms with van der Waals surface area (Å²) in [6.45, 7) is 12.9.